The molecule has 1 heterocycles. The zero-order valence-electron chi connectivity index (χ0n) is 18.8. The van der Waals surface area contributed by atoms with Gasteiger partial charge in [0.1, 0.15) is 11.5 Å². The highest BCUT2D eigenvalue weighted by Crippen LogP contribution is 2.20. The number of rotatable bonds is 8. The monoisotopic (exact) mass is 538 g/mol. The Morgan fingerprint density at radius 3 is 2.35 bits per heavy atom. The molecule has 0 spiro atoms. The van der Waals surface area contributed by atoms with Crippen molar-refractivity contribution in [1.29, 1.82) is 0 Å². The molecular weight excluding hydrogens is 503 g/mol. The fraction of sp³-hybridized carbons (Fsp3) is 0.458. The first-order valence-electron chi connectivity index (χ1n) is 10.6. The first kappa shape index (κ1) is 25.3. The van der Waals surface area contributed by atoms with Crippen molar-refractivity contribution in [3.8, 4) is 11.5 Å². The van der Waals surface area contributed by atoms with Gasteiger partial charge in [0.05, 0.1) is 14.2 Å². The standard InChI is InChI=1S/C24H34N4O2.HI/c1-25-24(27-17-21-6-4-5-7-23(21)30-3)26-16-19-12-14-28(15-13-19)18-20-8-10-22(29-2)11-9-20;/h4-11,19H,12-18H2,1-3H3,(H2,25,26,27);1H. The van der Waals surface area contributed by atoms with Gasteiger partial charge in [-0.05, 0) is 55.6 Å². The van der Waals surface area contributed by atoms with E-state index in [-0.39, 0.29) is 24.0 Å². The van der Waals surface area contributed by atoms with Crippen LogP contribution in [0.25, 0.3) is 0 Å². The first-order chi connectivity index (χ1) is 14.7. The summed E-state index contributed by atoms with van der Waals surface area (Å²) < 4.78 is 10.7. The largest absolute Gasteiger partial charge is 0.497 e. The fourth-order valence-electron chi connectivity index (χ4n) is 3.83. The molecule has 2 aromatic rings. The highest BCUT2D eigenvalue weighted by atomic mass is 127. The number of benzene rings is 2. The Morgan fingerprint density at radius 2 is 1.71 bits per heavy atom. The van der Waals surface area contributed by atoms with Gasteiger partial charge in [0.2, 0.25) is 0 Å². The molecule has 6 nitrogen and oxygen atoms in total. The lowest BCUT2D eigenvalue weighted by Crippen LogP contribution is -2.42. The zero-order valence-corrected chi connectivity index (χ0v) is 21.1. The van der Waals surface area contributed by atoms with E-state index in [1.165, 1.54) is 18.4 Å². The van der Waals surface area contributed by atoms with Crippen molar-refractivity contribution in [2.45, 2.75) is 25.9 Å². The van der Waals surface area contributed by atoms with Crippen molar-refractivity contribution in [1.82, 2.24) is 15.5 Å². The van der Waals surface area contributed by atoms with Crippen molar-refractivity contribution in [3.63, 3.8) is 0 Å². The number of halogens is 1. The predicted molar refractivity (Wildman–Crippen MR) is 138 cm³/mol. The van der Waals surface area contributed by atoms with Gasteiger partial charge in [0, 0.05) is 32.2 Å². The van der Waals surface area contributed by atoms with Crippen LogP contribution in [0.2, 0.25) is 0 Å². The van der Waals surface area contributed by atoms with Gasteiger partial charge >= 0.3 is 0 Å². The van der Waals surface area contributed by atoms with Gasteiger partial charge in [0.25, 0.3) is 0 Å². The molecule has 0 radical (unpaired) electrons. The Kier molecular flexibility index (Phi) is 10.9. The molecule has 3 rings (SSSR count). The summed E-state index contributed by atoms with van der Waals surface area (Å²) in [5, 5.41) is 6.88. The highest BCUT2D eigenvalue weighted by Gasteiger charge is 2.19. The number of piperidine rings is 1. The van der Waals surface area contributed by atoms with Crippen molar-refractivity contribution in [2.75, 3.05) is 40.9 Å². The molecule has 0 atom stereocenters. The van der Waals surface area contributed by atoms with Crippen LogP contribution in [0.1, 0.15) is 24.0 Å². The van der Waals surface area contributed by atoms with E-state index in [9.17, 15) is 0 Å². The SMILES string of the molecule is CN=C(NCc1ccccc1OC)NCC1CCN(Cc2ccc(OC)cc2)CC1.I. The normalized spacial score (nSPS) is 15.1. The van der Waals surface area contributed by atoms with Gasteiger partial charge in [0.15, 0.2) is 5.96 Å². The van der Waals surface area contributed by atoms with Crippen LogP contribution in [0.15, 0.2) is 53.5 Å². The molecule has 31 heavy (non-hydrogen) atoms. The van der Waals surface area contributed by atoms with Crippen LogP contribution >= 0.6 is 24.0 Å². The van der Waals surface area contributed by atoms with E-state index in [0.717, 1.165) is 49.2 Å². The lowest BCUT2D eigenvalue weighted by Gasteiger charge is -2.32. The van der Waals surface area contributed by atoms with Crippen LogP contribution in [0.4, 0.5) is 0 Å². The van der Waals surface area contributed by atoms with Gasteiger partial charge in [-0.2, -0.15) is 0 Å². The molecule has 170 valence electrons. The molecule has 0 amide bonds. The van der Waals surface area contributed by atoms with E-state index in [2.05, 4.69) is 38.7 Å². The number of hydrogen-bond donors (Lipinski definition) is 2. The molecule has 0 saturated carbocycles. The van der Waals surface area contributed by atoms with Gasteiger partial charge in [-0.25, -0.2) is 0 Å². The third-order valence-corrected chi connectivity index (χ3v) is 5.69. The van der Waals surface area contributed by atoms with Gasteiger partial charge in [-0.3, -0.25) is 9.89 Å². The molecule has 1 aliphatic rings. The number of aliphatic imine (C=N–C) groups is 1. The molecule has 0 aromatic heterocycles. The number of hydrogen-bond acceptors (Lipinski definition) is 4. The molecule has 0 aliphatic carbocycles. The van der Waals surface area contributed by atoms with Crippen LogP contribution in [-0.2, 0) is 13.1 Å². The Bertz CT molecular complexity index is 805. The molecule has 0 unspecified atom stereocenters. The summed E-state index contributed by atoms with van der Waals surface area (Å²) in [5.74, 6) is 3.31. The summed E-state index contributed by atoms with van der Waals surface area (Å²) in [6, 6.07) is 16.4. The van der Waals surface area contributed by atoms with Crippen LogP contribution in [0.3, 0.4) is 0 Å². The smallest absolute Gasteiger partial charge is 0.191 e. The predicted octanol–water partition coefficient (Wildman–Crippen LogP) is 3.90. The summed E-state index contributed by atoms with van der Waals surface area (Å²) in [4.78, 5) is 6.90. The van der Waals surface area contributed by atoms with Crippen molar-refractivity contribution >= 4 is 29.9 Å². The number of ether oxygens (including phenoxy) is 2. The Hall–Kier alpha value is -2.00. The average molecular weight is 538 g/mol. The number of guanidine groups is 1. The third kappa shape index (κ3) is 7.88. The summed E-state index contributed by atoms with van der Waals surface area (Å²) in [6.07, 6.45) is 2.40. The minimum Gasteiger partial charge on any atom is -0.497 e. The maximum Gasteiger partial charge on any atom is 0.191 e. The fourth-order valence-corrected chi connectivity index (χ4v) is 3.83. The number of nitrogens with zero attached hydrogens (tertiary/aromatic N) is 2. The Morgan fingerprint density at radius 1 is 1.00 bits per heavy atom. The second kappa shape index (κ2) is 13.4. The average Bonchev–Trinajstić information content (AvgIpc) is 2.81. The summed E-state index contributed by atoms with van der Waals surface area (Å²) in [5.41, 5.74) is 2.46. The second-order valence-electron chi connectivity index (χ2n) is 7.69. The van der Waals surface area contributed by atoms with Gasteiger partial charge in [-0.15, -0.1) is 24.0 Å². The van der Waals surface area contributed by atoms with Crippen molar-refractivity contribution < 1.29 is 9.47 Å². The third-order valence-electron chi connectivity index (χ3n) is 5.69. The van der Waals surface area contributed by atoms with Gasteiger partial charge in [-0.1, -0.05) is 30.3 Å². The van der Waals surface area contributed by atoms with E-state index < -0.39 is 0 Å². The van der Waals surface area contributed by atoms with Crippen LogP contribution in [0, 0.1) is 5.92 Å². The molecule has 2 aromatic carbocycles. The number of nitrogens with one attached hydrogen (secondary N) is 2. The number of likely N-dealkylation sites (tertiary alicyclic amines) is 1. The maximum absolute atomic E-state index is 5.42. The lowest BCUT2D eigenvalue weighted by atomic mass is 9.96. The van der Waals surface area contributed by atoms with Crippen LogP contribution < -0.4 is 20.1 Å². The molecular formula is C24H35IN4O2. The van der Waals surface area contributed by atoms with Crippen LogP contribution in [0.5, 0.6) is 11.5 Å². The topological polar surface area (TPSA) is 58.1 Å². The van der Waals surface area contributed by atoms with Gasteiger partial charge < -0.3 is 20.1 Å². The second-order valence-corrected chi connectivity index (χ2v) is 7.69. The summed E-state index contributed by atoms with van der Waals surface area (Å²) in [7, 11) is 5.22. The molecule has 2 N–H and O–H groups in total. The van der Waals surface area contributed by atoms with Crippen LogP contribution in [-0.4, -0.2) is 51.8 Å². The minimum absolute atomic E-state index is 0. The van der Waals surface area contributed by atoms with Crippen molar-refractivity contribution in [3.05, 3.63) is 59.7 Å². The molecule has 1 fully saturated rings. The number of methoxy groups -OCH3 is 2. The first-order valence-corrected chi connectivity index (χ1v) is 10.6. The van der Waals surface area contributed by atoms with E-state index in [4.69, 9.17) is 9.47 Å². The molecule has 7 heteroatoms. The molecule has 0 bridgehead atoms. The van der Waals surface area contributed by atoms with E-state index in [0.29, 0.717) is 12.5 Å². The van der Waals surface area contributed by atoms with E-state index in [1.807, 2.05) is 37.4 Å². The minimum atomic E-state index is 0. The van der Waals surface area contributed by atoms with E-state index >= 15 is 0 Å². The Balaban J connectivity index is 0.00000341. The summed E-state index contributed by atoms with van der Waals surface area (Å²) >= 11 is 0. The van der Waals surface area contributed by atoms with E-state index in [1.54, 1.807) is 14.2 Å². The van der Waals surface area contributed by atoms with Crippen molar-refractivity contribution in [2.24, 2.45) is 10.9 Å². The number of para-hydroxylation sites is 1. The quantitative estimate of drug-likeness (QED) is 0.304. The summed E-state index contributed by atoms with van der Waals surface area (Å²) in [6.45, 7) is 4.90. The molecule has 1 saturated heterocycles. The lowest BCUT2D eigenvalue weighted by molar-refractivity contribution is 0.178. The highest BCUT2D eigenvalue weighted by molar-refractivity contribution is 14.0. The molecule has 1 aliphatic heterocycles. The maximum atomic E-state index is 5.42. The zero-order chi connectivity index (χ0) is 21.2. The Labute approximate surface area is 203 Å².